The molecular formula is C21H24Br2FN3O7. The molecule has 2 aromatic rings. The monoisotopic (exact) mass is 607 g/mol. The zero-order chi connectivity index (χ0) is 25.2. The summed E-state index contributed by atoms with van der Waals surface area (Å²) in [4.78, 5) is 38.6. The number of halogens is 3. The minimum atomic E-state index is -1.95. The summed E-state index contributed by atoms with van der Waals surface area (Å²) >= 11 is 6.71. The van der Waals surface area contributed by atoms with Crippen molar-refractivity contribution in [2.45, 2.75) is 51.0 Å². The van der Waals surface area contributed by atoms with Crippen LogP contribution in [0.15, 0.2) is 36.9 Å². The molecule has 3 N–H and O–H groups in total. The Bertz CT molecular complexity index is 1170. The highest BCUT2D eigenvalue weighted by Gasteiger charge is 2.45. The SMILES string of the molecule is CCc1cn([C@@H]2O[C@H](CNC(=O)[C@H](C)Oc3cc(OC)c(Br)cc3Br)[C@@H](O)[C@H]2F)c(=O)[nH]c1=O. The fourth-order valence-electron chi connectivity index (χ4n) is 3.41. The van der Waals surface area contributed by atoms with E-state index in [0.717, 1.165) is 4.57 Å². The van der Waals surface area contributed by atoms with E-state index >= 15 is 0 Å². The second kappa shape index (κ2) is 11.0. The van der Waals surface area contributed by atoms with Crippen LogP contribution in [0.5, 0.6) is 11.5 Å². The number of hydrogen-bond donors (Lipinski definition) is 3. The number of carbonyl (C=O) groups excluding carboxylic acids is 1. The Balaban J connectivity index is 1.65. The summed E-state index contributed by atoms with van der Waals surface area (Å²) in [5, 5.41) is 12.8. The Kier molecular flexibility index (Phi) is 8.55. The van der Waals surface area contributed by atoms with Gasteiger partial charge in [-0.2, -0.15) is 0 Å². The van der Waals surface area contributed by atoms with Gasteiger partial charge in [0.15, 0.2) is 18.5 Å². The third-order valence-electron chi connectivity index (χ3n) is 5.35. The lowest BCUT2D eigenvalue weighted by Crippen LogP contribution is -2.43. The van der Waals surface area contributed by atoms with Crippen LogP contribution in [-0.2, 0) is 16.0 Å². The molecule has 0 unspecified atom stereocenters. The van der Waals surface area contributed by atoms with Gasteiger partial charge in [0.05, 0.1) is 16.1 Å². The molecule has 1 aromatic carbocycles. The predicted molar refractivity (Wildman–Crippen MR) is 127 cm³/mol. The largest absolute Gasteiger partial charge is 0.495 e. The van der Waals surface area contributed by atoms with E-state index < -0.39 is 47.9 Å². The van der Waals surface area contributed by atoms with E-state index in [0.29, 0.717) is 26.9 Å². The van der Waals surface area contributed by atoms with Gasteiger partial charge in [-0.1, -0.05) is 6.92 Å². The highest BCUT2D eigenvalue weighted by molar-refractivity contribution is 9.11. The number of rotatable bonds is 8. The first-order chi connectivity index (χ1) is 16.1. The van der Waals surface area contributed by atoms with Gasteiger partial charge < -0.3 is 24.6 Å². The molecule has 1 fully saturated rings. The van der Waals surface area contributed by atoms with Crippen molar-refractivity contribution in [3.63, 3.8) is 0 Å². The minimum absolute atomic E-state index is 0.228. The van der Waals surface area contributed by atoms with Crippen LogP contribution in [0.2, 0.25) is 0 Å². The molecule has 186 valence electrons. The number of H-pyrrole nitrogens is 1. The van der Waals surface area contributed by atoms with Gasteiger partial charge in [0.1, 0.15) is 23.7 Å². The lowest BCUT2D eigenvalue weighted by atomic mass is 10.1. The summed E-state index contributed by atoms with van der Waals surface area (Å²) in [6.07, 6.45) is -5.53. The van der Waals surface area contributed by atoms with Gasteiger partial charge in [-0.3, -0.25) is 19.1 Å². The molecule has 1 amide bonds. The minimum Gasteiger partial charge on any atom is -0.495 e. The zero-order valence-corrected chi connectivity index (χ0v) is 21.7. The van der Waals surface area contributed by atoms with Gasteiger partial charge in [0, 0.05) is 24.4 Å². The van der Waals surface area contributed by atoms with Gasteiger partial charge in [-0.15, -0.1) is 0 Å². The van der Waals surface area contributed by atoms with Gasteiger partial charge in [-0.25, -0.2) is 9.18 Å². The van der Waals surface area contributed by atoms with Crippen molar-refractivity contribution in [2.24, 2.45) is 0 Å². The summed E-state index contributed by atoms with van der Waals surface area (Å²) < 4.78 is 33.4. The number of aliphatic hydroxyl groups excluding tert-OH is 1. The molecular weight excluding hydrogens is 585 g/mol. The summed E-state index contributed by atoms with van der Waals surface area (Å²) in [6.45, 7) is 3.00. The van der Waals surface area contributed by atoms with Crippen molar-refractivity contribution in [3.05, 3.63) is 53.7 Å². The Morgan fingerprint density at radius 3 is 2.65 bits per heavy atom. The number of carbonyl (C=O) groups is 1. The molecule has 2 heterocycles. The fraction of sp³-hybridized carbons (Fsp3) is 0.476. The molecule has 0 bridgehead atoms. The number of aromatic amines is 1. The zero-order valence-electron chi connectivity index (χ0n) is 18.5. The maximum absolute atomic E-state index is 14.8. The average molecular weight is 609 g/mol. The standard InChI is InChI=1S/C21H24Br2FN3O7/c1-4-10-8-27(21(31)26-19(10)30)20-16(24)17(28)15(34-20)7-25-18(29)9(2)33-14-6-13(32-3)11(22)5-12(14)23/h5-6,8-9,15-17,20,28H,4,7H2,1-3H3,(H,25,29)(H,26,30,31)/t9-,15+,16+,17+,20+/m0/s1. The van der Waals surface area contributed by atoms with Crippen LogP contribution < -0.4 is 26.0 Å². The summed E-state index contributed by atoms with van der Waals surface area (Å²) in [6, 6.07) is 3.32. The maximum atomic E-state index is 14.8. The summed E-state index contributed by atoms with van der Waals surface area (Å²) in [5.41, 5.74) is -1.15. The molecule has 5 atom stereocenters. The number of hydrogen-bond acceptors (Lipinski definition) is 7. The van der Waals surface area contributed by atoms with Gasteiger partial charge in [0.2, 0.25) is 0 Å². The van der Waals surface area contributed by atoms with Crippen LogP contribution in [0, 0.1) is 0 Å². The Labute approximate surface area is 210 Å². The van der Waals surface area contributed by atoms with Gasteiger partial charge >= 0.3 is 5.69 Å². The number of nitrogens with zero attached hydrogens (tertiary/aromatic N) is 1. The second-order valence-corrected chi connectivity index (χ2v) is 9.31. The van der Waals surface area contributed by atoms with Crippen molar-refractivity contribution in [1.82, 2.24) is 14.9 Å². The van der Waals surface area contributed by atoms with Crippen LogP contribution in [0.4, 0.5) is 4.39 Å². The molecule has 0 spiro atoms. The van der Waals surface area contributed by atoms with Crippen LogP contribution >= 0.6 is 31.9 Å². The van der Waals surface area contributed by atoms with Crippen molar-refractivity contribution < 1.29 is 28.5 Å². The number of methoxy groups -OCH3 is 1. The maximum Gasteiger partial charge on any atom is 0.330 e. The number of nitrogens with one attached hydrogen (secondary N) is 2. The Morgan fingerprint density at radius 2 is 2.00 bits per heavy atom. The summed E-state index contributed by atoms with van der Waals surface area (Å²) in [7, 11) is 1.50. The van der Waals surface area contributed by atoms with Gasteiger partial charge in [-0.05, 0) is 51.3 Å². The molecule has 1 saturated heterocycles. The van der Waals surface area contributed by atoms with Crippen molar-refractivity contribution in [3.8, 4) is 11.5 Å². The second-order valence-electron chi connectivity index (χ2n) is 7.60. The lowest BCUT2D eigenvalue weighted by molar-refractivity contribution is -0.128. The molecule has 1 aliphatic rings. The Hall–Kier alpha value is -2.22. The number of aromatic nitrogens is 2. The molecule has 10 nitrogen and oxygen atoms in total. The average Bonchev–Trinajstić information content (AvgIpc) is 3.07. The van der Waals surface area contributed by atoms with E-state index in [1.807, 2.05) is 0 Å². The Morgan fingerprint density at radius 1 is 1.32 bits per heavy atom. The molecule has 0 aliphatic carbocycles. The van der Waals surface area contributed by atoms with Crippen LogP contribution in [0.25, 0.3) is 0 Å². The van der Waals surface area contributed by atoms with Gasteiger partial charge in [0.25, 0.3) is 11.5 Å². The van der Waals surface area contributed by atoms with Crippen molar-refractivity contribution >= 4 is 37.8 Å². The third kappa shape index (κ3) is 5.53. The molecule has 34 heavy (non-hydrogen) atoms. The number of alkyl halides is 1. The van der Waals surface area contributed by atoms with Crippen LogP contribution in [-0.4, -0.2) is 58.7 Å². The first-order valence-electron chi connectivity index (χ1n) is 10.4. The highest BCUT2D eigenvalue weighted by atomic mass is 79.9. The number of aliphatic hydroxyl groups is 1. The molecule has 0 radical (unpaired) electrons. The molecule has 1 aliphatic heterocycles. The van der Waals surface area contributed by atoms with E-state index in [2.05, 4.69) is 42.2 Å². The van der Waals surface area contributed by atoms with E-state index in [-0.39, 0.29) is 12.1 Å². The quantitative estimate of drug-likeness (QED) is 0.416. The number of amides is 1. The van der Waals surface area contributed by atoms with Crippen LogP contribution in [0.3, 0.4) is 0 Å². The summed E-state index contributed by atoms with van der Waals surface area (Å²) in [5.74, 6) is 0.350. The number of ether oxygens (including phenoxy) is 3. The van der Waals surface area contributed by atoms with Crippen LogP contribution in [0.1, 0.15) is 25.6 Å². The number of benzene rings is 1. The van der Waals surface area contributed by atoms with Crippen molar-refractivity contribution in [1.29, 1.82) is 0 Å². The van der Waals surface area contributed by atoms with Crippen molar-refractivity contribution in [2.75, 3.05) is 13.7 Å². The van der Waals surface area contributed by atoms with E-state index in [1.165, 1.54) is 20.2 Å². The molecule has 1 aromatic heterocycles. The smallest absolute Gasteiger partial charge is 0.330 e. The fourth-order valence-corrected chi connectivity index (χ4v) is 4.66. The molecule has 3 rings (SSSR count). The van der Waals surface area contributed by atoms with E-state index in [4.69, 9.17) is 14.2 Å². The molecule has 0 saturated carbocycles. The first-order valence-corrected chi connectivity index (χ1v) is 11.9. The predicted octanol–water partition coefficient (Wildman–Crippen LogP) is 1.81. The normalized spacial score (nSPS) is 22.9. The first kappa shape index (κ1) is 26.4. The highest BCUT2D eigenvalue weighted by Crippen LogP contribution is 2.36. The topological polar surface area (TPSA) is 132 Å². The lowest BCUT2D eigenvalue weighted by Gasteiger charge is -2.19. The van der Waals surface area contributed by atoms with E-state index in [1.54, 1.807) is 19.1 Å². The van der Waals surface area contributed by atoms with E-state index in [9.17, 15) is 23.9 Å². The molecule has 13 heteroatoms. The number of aryl methyl sites for hydroxylation is 1. The third-order valence-corrected chi connectivity index (χ3v) is 6.59.